The number of hydrogen-bond acceptors (Lipinski definition) is 3. The predicted molar refractivity (Wildman–Crippen MR) is 122 cm³/mol. The van der Waals surface area contributed by atoms with Crippen molar-refractivity contribution in [3.63, 3.8) is 0 Å². The number of benzene rings is 2. The number of hydrogen-bond donors (Lipinski definition) is 2. The van der Waals surface area contributed by atoms with Gasteiger partial charge in [0.25, 0.3) is 0 Å². The molecule has 0 amide bonds. The van der Waals surface area contributed by atoms with Crippen LogP contribution in [0.3, 0.4) is 0 Å². The first-order chi connectivity index (χ1) is 15.1. The molecule has 0 saturated carbocycles. The Morgan fingerprint density at radius 1 is 1.19 bits per heavy atom. The van der Waals surface area contributed by atoms with Crippen molar-refractivity contribution in [1.82, 2.24) is 0 Å². The van der Waals surface area contributed by atoms with Gasteiger partial charge in [-0.3, -0.25) is 4.79 Å². The van der Waals surface area contributed by atoms with Gasteiger partial charge in [0.1, 0.15) is 5.54 Å². The molecule has 1 aliphatic rings. The van der Waals surface area contributed by atoms with Gasteiger partial charge >= 0.3 is 12.1 Å². The molecule has 2 aromatic rings. The van der Waals surface area contributed by atoms with Crippen LogP contribution in [0, 0.1) is 5.92 Å². The number of alkyl halides is 3. The summed E-state index contributed by atoms with van der Waals surface area (Å²) >= 11 is 0. The molecule has 2 aromatic carbocycles. The maximum absolute atomic E-state index is 13.9. The molecule has 1 aliphatic heterocycles. The minimum absolute atomic E-state index is 0.239. The number of rotatable bonds is 8. The van der Waals surface area contributed by atoms with Crippen LogP contribution in [0.4, 0.5) is 18.9 Å². The number of nitrogens with zero attached hydrogens (tertiary/aromatic N) is 1. The van der Waals surface area contributed by atoms with Crippen LogP contribution in [0.1, 0.15) is 50.2 Å². The molecule has 0 spiro atoms. The highest BCUT2D eigenvalue weighted by atomic mass is 19.4. The highest BCUT2D eigenvalue weighted by Gasteiger charge is 2.43. The summed E-state index contributed by atoms with van der Waals surface area (Å²) in [5.41, 5.74) is 5.25. The first-order valence-electron chi connectivity index (χ1n) is 11.2. The summed E-state index contributed by atoms with van der Waals surface area (Å²) in [6.45, 7) is 2.65. The van der Waals surface area contributed by atoms with E-state index < -0.39 is 23.2 Å². The van der Waals surface area contributed by atoms with Crippen molar-refractivity contribution in [2.75, 3.05) is 18.0 Å². The van der Waals surface area contributed by atoms with E-state index in [1.807, 2.05) is 17.0 Å². The molecule has 1 atom stereocenters. The lowest BCUT2D eigenvalue weighted by molar-refractivity contribution is -0.146. The van der Waals surface area contributed by atoms with E-state index in [4.69, 9.17) is 13.6 Å². The molecule has 3 rings (SSSR count). The van der Waals surface area contributed by atoms with Crippen molar-refractivity contribution in [3.05, 3.63) is 41.5 Å². The van der Waals surface area contributed by atoms with Crippen molar-refractivity contribution in [1.29, 1.82) is 0 Å². The lowest BCUT2D eigenvalue weighted by Gasteiger charge is -2.41. The number of aliphatic carboxylic acids is 1. The number of fused-ring (bicyclic) bond motifs is 1. The largest absolute Gasteiger partial charge is 0.480 e. The fourth-order valence-corrected chi connectivity index (χ4v) is 4.99. The van der Waals surface area contributed by atoms with E-state index in [9.17, 15) is 23.1 Å². The summed E-state index contributed by atoms with van der Waals surface area (Å²) in [6.07, 6.45) is -0.963. The smallest absolute Gasteiger partial charge is 0.416 e. The fourth-order valence-electron chi connectivity index (χ4n) is 4.99. The maximum atomic E-state index is 13.9. The molecule has 3 N–H and O–H groups in total. The van der Waals surface area contributed by atoms with E-state index >= 15 is 0 Å². The van der Waals surface area contributed by atoms with Crippen LogP contribution < -0.4 is 10.6 Å². The van der Waals surface area contributed by atoms with Gasteiger partial charge in [0, 0.05) is 24.2 Å². The van der Waals surface area contributed by atoms with Crippen LogP contribution in [0.5, 0.6) is 0 Å². The van der Waals surface area contributed by atoms with Gasteiger partial charge in [-0.2, -0.15) is 13.2 Å². The van der Waals surface area contributed by atoms with Crippen molar-refractivity contribution in [2.24, 2.45) is 11.7 Å². The molecule has 1 heterocycles. The second-order valence-electron chi connectivity index (χ2n) is 8.67. The first kappa shape index (κ1) is 24.4. The number of halogens is 3. The van der Waals surface area contributed by atoms with Crippen LogP contribution in [0.25, 0.3) is 10.8 Å². The zero-order chi connectivity index (χ0) is 23.5. The zero-order valence-electron chi connectivity index (χ0n) is 18.4. The minimum atomic E-state index is -4.44. The van der Waals surface area contributed by atoms with E-state index in [0.717, 1.165) is 5.39 Å². The van der Waals surface area contributed by atoms with Gasteiger partial charge < -0.3 is 15.7 Å². The standard InChI is InChI=1S/C24H30BF3N2O2/c1-2-17-18-7-3-4-8-19(18)21(15-20(17)24(26,27)28)30-13-9-16(10-14-30)23(29,22(31)32)11-5-6-12-25/h3-4,7-8,15-16H,2,5-6,9-14,29H2,1H3,(H,31,32). The lowest BCUT2D eigenvalue weighted by Crippen LogP contribution is -2.57. The summed E-state index contributed by atoms with van der Waals surface area (Å²) < 4.78 is 41.6. The Morgan fingerprint density at radius 3 is 2.34 bits per heavy atom. The molecule has 0 aliphatic carbocycles. The quantitative estimate of drug-likeness (QED) is 0.434. The normalized spacial score (nSPS) is 17.5. The maximum Gasteiger partial charge on any atom is 0.416 e. The number of anilines is 1. The van der Waals surface area contributed by atoms with Gasteiger partial charge in [-0.05, 0) is 48.6 Å². The number of piperidine rings is 1. The highest BCUT2D eigenvalue weighted by molar-refractivity contribution is 6.08. The van der Waals surface area contributed by atoms with E-state index in [1.54, 1.807) is 19.1 Å². The van der Waals surface area contributed by atoms with Gasteiger partial charge in [-0.25, -0.2) is 0 Å². The van der Waals surface area contributed by atoms with Gasteiger partial charge in [0.15, 0.2) is 0 Å². The molecule has 4 nitrogen and oxygen atoms in total. The summed E-state index contributed by atoms with van der Waals surface area (Å²) in [4.78, 5) is 13.9. The lowest BCUT2D eigenvalue weighted by atomic mass is 9.75. The number of carboxylic acid groups (broad SMARTS) is 1. The van der Waals surface area contributed by atoms with E-state index in [-0.39, 0.29) is 12.3 Å². The highest BCUT2D eigenvalue weighted by Crippen LogP contribution is 2.42. The Hall–Kier alpha value is -2.22. The van der Waals surface area contributed by atoms with Crippen LogP contribution in [-0.2, 0) is 17.4 Å². The molecular formula is C24H30BF3N2O2. The molecule has 8 heteroatoms. The monoisotopic (exact) mass is 446 g/mol. The predicted octanol–water partition coefficient (Wildman–Crippen LogP) is 5.18. The molecule has 2 radical (unpaired) electrons. The molecule has 1 unspecified atom stereocenters. The van der Waals surface area contributed by atoms with Gasteiger partial charge in [0.2, 0.25) is 0 Å². The van der Waals surface area contributed by atoms with Crippen LogP contribution in [0.2, 0.25) is 6.32 Å². The van der Waals surface area contributed by atoms with Crippen molar-refractivity contribution >= 4 is 30.3 Å². The van der Waals surface area contributed by atoms with Gasteiger partial charge in [-0.15, -0.1) is 0 Å². The van der Waals surface area contributed by atoms with Gasteiger partial charge in [-0.1, -0.05) is 50.4 Å². The second-order valence-corrected chi connectivity index (χ2v) is 8.67. The van der Waals surface area contributed by atoms with Crippen molar-refractivity contribution in [3.8, 4) is 0 Å². The molecule has 1 fully saturated rings. The average Bonchev–Trinajstić information content (AvgIpc) is 2.77. The summed E-state index contributed by atoms with van der Waals surface area (Å²) in [5.74, 6) is -1.26. The fraction of sp³-hybridized carbons (Fsp3) is 0.542. The third kappa shape index (κ3) is 4.75. The third-order valence-corrected chi connectivity index (χ3v) is 6.80. The van der Waals surface area contributed by atoms with Crippen LogP contribution in [-0.4, -0.2) is 37.6 Å². The summed E-state index contributed by atoms with van der Waals surface area (Å²) in [5, 5.41) is 11.2. The molecule has 1 saturated heterocycles. The number of nitrogens with two attached hydrogens (primary N) is 1. The molecule has 0 aromatic heterocycles. The average molecular weight is 446 g/mol. The molecule has 32 heavy (non-hydrogen) atoms. The zero-order valence-corrected chi connectivity index (χ0v) is 18.4. The number of unbranched alkanes of at least 4 members (excludes halogenated alkanes) is 1. The Balaban J connectivity index is 1.91. The summed E-state index contributed by atoms with van der Waals surface area (Å²) in [7, 11) is 5.53. The number of aryl methyl sites for hydroxylation is 1. The Morgan fingerprint density at radius 2 is 1.81 bits per heavy atom. The Labute approximate surface area is 188 Å². The number of carboxylic acids is 1. The second kappa shape index (κ2) is 9.73. The number of carbonyl (C=O) groups is 1. The van der Waals surface area contributed by atoms with Crippen LogP contribution in [0.15, 0.2) is 30.3 Å². The Kier molecular flexibility index (Phi) is 7.43. The molecule has 172 valence electrons. The van der Waals surface area contributed by atoms with E-state index in [0.29, 0.717) is 68.2 Å². The third-order valence-electron chi connectivity index (χ3n) is 6.80. The van der Waals surface area contributed by atoms with Gasteiger partial charge in [0.05, 0.1) is 13.4 Å². The molecule has 0 bridgehead atoms. The topological polar surface area (TPSA) is 66.6 Å². The van der Waals surface area contributed by atoms with E-state index in [1.165, 1.54) is 6.07 Å². The van der Waals surface area contributed by atoms with E-state index in [2.05, 4.69) is 0 Å². The SMILES string of the molecule is [B]CCCCC(N)(C(=O)O)C1CCN(c2cc(C(F)(F)F)c(CC)c3ccccc23)CC1. The summed E-state index contributed by atoms with van der Waals surface area (Å²) in [6, 6.07) is 8.45. The Bertz CT molecular complexity index is 958. The van der Waals surface area contributed by atoms with Crippen molar-refractivity contribution in [2.45, 2.75) is 63.5 Å². The van der Waals surface area contributed by atoms with Crippen molar-refractivity contribution < 1.29 is 23.1 Å². The molecular weight excluding hydrogens is 416 g/mol. The first-order valence-corrected chi connectivity index (χ1v) is 11.2. The minimum Gasteiger partial charge on any atom is -0.480 e. The van der Waals surface area contributed by atoms with Crippen LogP contribution >= 0.6 is 0 Å².